The van der Waals surface area contributed by atoms with E-state index < -0.39 is 0 Å². The van der Waals surface area contributed by atoms with Gasteiger partial charge in [-0.25, -0.2) is 14.4 Å². The van der Waals surface area contributed by atoms with E-state index in [-0.39, 0.29) is 18.1 Å². The second-order valence-corrected chi connectivity index (χ2v) is 6.93. The first-order valence-electron chi connectivity index (χ1n) is 9.67. The molecule has 4 rings (SSSR count). The molecule has 0 saturated carbocycles. The van der Waals surface area contributed by atoms with Gasteiger partial charge in [-0.1, -0.05) is 72.8 Å². The van der Waals surface area contributed by atoms with Gasteiger partial charge in [-0.05, 0) is 23.3 Å². The number of hydrogen-bond acceptors (Lipinski definition) is 3. The summed E-state index contributed by atoms with van der Waals surface area (Å²) >= 11 is 0. The van der Waals surface area contributed by atoms with E-state index in [0.717, 1.165) is 22.4 Å². The van der Waals surface area contributed by atoms with Crippen LogP contribution in [0, 0.1) is 5.82 Å². The predicted molar refractivity (Wildman–Crippen MR) is 115 cm³/mol. The van der Waals surface area contributed by atoms with Crippen molar-refractivity contribution >= 4 is 11.7 Å². The Hall–Kier alpha value is -3.86. The molecule has 0 spiro atoms. The molecule has 1 heterocycles. The highest BCUT2D eigenvalue weighted by molar-refractivity contribution is 5.92. The first kappa shape index (κ1) is 19.5. The van der Waals surface area contributed by atoms with E-state index in [1.165, 1.54) is 12.1 Å². The molecular formula is C25H20FN3O. The van der Waals surface area contributed by atoms with Gasteiger partial charge in [-0.3, -0.25) is 4.79 Å². The second kappa shape index (κ2) is 9.09. The maximum Gasteiger partial charge on any atom is 0.229 e. The van der Waals surface area contributed by atoms with Crippen LogP contribution in [0.1, 0.15) is 16.8 Å². The van der Waals surface area contributed by atoms with Gasteiger partial charge in [-0.2, -0.15) is 0 Å². The average molecular weight is 397 g/mol. The molecule has 1 aromatic heterocycles. The van der Waals surface area contributed by atoms with Crippen LogP contribution in [-0.4, -0.2) is 15.9 Å². The minimum Gasteiger partial charge on any atom is -0.309 e. The van der Waals surface area contributed by atoms with Gasteiger partial charge in [0.2, 0.25) is 5.91 Å². The van der Waals surface area contributed by atoms with Crippen molar-refractivity contribution in [2.45, 2.75) is 12.8 Å². The van der Waals surface area contributed by atoms with E-state index in [2.05, 4.69) is 10.3 Å². The molecule has 4 aromatic rings. The Morgan fingerprint density at radius 3 is 2.20 bits per heavy atom. The maximum absolute atomic E-state index is 13.1. The van der Waals surface area contributed by atoms with Crippen LogP contribution in [0.15, 0.2) is 91.1 Å². The summed E-state index contributed by atoms with van der Waals surface area (Å²) in [5.74, 6) is -0.116. The van der Waals surface area contributed by atoms with Crippen LogP contribution in [-0.2, 0) is 17.6 Å². The molecule has 1 amide bonds. The Morgan fingerprint density at radius 1 is 0.833 bits per heavy atom. The van der Waals surface area contributed by atoms with Crippen molar-refractivity contribution in [3.05, 3.63) is 114 Å². The number of anilines is 1. The fourth-order valence-corrected chi connectivity index (χ4v) is 3.16. The van der Waals surface area contributed by atoms with E-state index in [9.17, 15) is 9.18 Å². The van der Waals surface area contributed by atoms with Crippen LogP contribution in [0.2, 0.25) is 0 Å². The summed E-state index contributed by atoms with van der Waals surface area (Å²) in [5.41, 5.74) is 4.20. The lowest BCUT2D eigenvalue weighted by atomic mass is 10.1. The first-order valence-corrected chi connectivity index (χ1v) is 9.67. The number of carbonyl (C=O) groups excluding carboxylic acids is 1. The monoisotopic (exact) mass is 397 g/mol. The molecule has 148 valence electrons. The molecule has 0 aliphatic rings. The normalized spacial score (nSPS) is 10.6. The molecule has 0 aliphatic heterocycles. The molecule has 0 atom stereocenters. The van der Waals surface area contributed by atoms with Crippen molar-refractivity contribution in [3.8, 4) is 11.3 Å². The minimum atomic E-state index is -0.327. The molecular weight excluding hydrogens is 377 g/mol. The number of aromatic nitrogens is 2. The summed E-state index contributed by atoms with van der Waals surface area (Å²) in [4.78, 5) is 21.8. The van der Waals surface area contributed by atoms with E-state index >= 15 is 0 Å². The Morgan fingerprint density at radius 2 is 1.50 bits per heavy atom. The summed E-state index contributed by atoms with van der Waals surface area (Å²) in [7, 11) is 0. The Balaban J connectivity index is 1.60. The SMILES string of the molecule is O=C(Cc1ccc(F)cc1)Nc1ncc(-c2ccccc2)nc1Cc1ccccc1. The number of nitrogens with zero attached hydrogens (tertiary/aromatic N) is 2. The predicted octanol–water partition coefficient (Wildman–Crippen LogP) is 5.05. The lowest BCUT2D eigenvalue weighted by molar-refractivity contribution is -0.115. The molecule has 1 N–H and O–H groups in total. The highest BCUT2D eigenvalue weighted by atomic mass is 19.1. The number of halogens is 1. The third-order valence-corrected chi connectivity index (χ3v) is 4.66. The highest BCUT2D eigenvalue weighted by Gasteiger charge is 2.13. The minimum absolute atomic E-state index is 0.132. The van der Waals surface area contributed by atoms with Crippen LogP contribution in [0.3, 0.4) is 0 Å². The summed E-state index contributed by atoms with van der Waals surface area (Å²) in [6.07, 6.45) is 2.34. The lowest BCUT2D eigenvalue weighted by Crippen LogP contribution is -2.17. The fourth-order valence-electron chi connectivity index (χ4n) is 3.16. The fraction of sp³-hybridized carbons (Fsp3) is 0.0800. The van der Waals surface area contributed by atoms with Gasteiger partial charge >= 0.3 is 0 Å². The molecule has 0 unspecified atom stereocenters. The molecule has 0 saturated heterocycles. The first-order chi connectivity index (χ1) is 14.7. The van der Waals surface area contributed by atoms with Gasteiger partial charge in [0, 0.05) is 12.0 Å². The number of benzene rings is 3. The van der Waals surface area contributed by atoms with Crippen LogP contribution < -0.4 is 5.32 Å². The van der Waals surface area contributed by atoms with Gasteiger partial charge in [0.05, 0.1) is 24.0 Å². The van der Waals surface area contributed by atoms with E-state index in [0.29, 0.717) is 17.9 Å². The zero-order valence-corrected chi connectivity index (χ0v) is 16.3. The zero-order chi connectivity index (χ0) is 20.8. The van der Waals surface area contributed by atoms with Crippen LogP contribution in [0.4, 0.5) is 10.2 Å². The molecule has 0 fully saturated rings. The van der Waals surface area contributed by atoms with Crippen molar-refractivity contribution < 1.29 is 9.18 Å². The number of nitrogens with one attached hydrogen (secondary N) is 1. The molecule has 5 heteroatoms. The molecule has 0 bridgehead atoms. The summed E-state index contributed by atoms with van der Waals surface area (Å²) in [6, 6.07) is 25.6. The van der Waals surface area contributed by atoms with Crippen LogP contribution in [0.25, 0.3) is 11.3 Å². The van der Waals surface area contributed by atoms with Crippen LogP contribution in [0.5, 0.6) is 0 Å². The largest absolute Gasteiger partial charge is 0.309 e. The Kier molecular flexibility index (Phi) is 5.90. The molecule has 30 heavy (non-hydrogen) atoms. The van der Waals surface area contributed by atoms with Crippen molar-refractivity contribution in [2.24, 2.45) is 0 Å². The molecule has 0 radical (unpaired) electrons. The zero-order valence-electron chi connectivity index (χ0n) is 16.3. The van der Waals surface area contributed by atoms with Gasteiger partial charge in [0.1, 0.15) is 5.82 Å². The van der Waals surface area contributed by atoms with Gasteiger partial charge in [-0.15, -0.1) is 0 Å². The number of hydrogen-bond donors (Lipinski definition) is 1. The van der Waals surface area contributed by atoms with Crippen molar-refractivity contribution in [1.82, 2.24) is 9.97 Å². The smallest absolute Gasteiger partial charge is 0.229 e. The van der Waals surface area contributed by atoms with Crippen molar-refractivity contribution in [3.63, 3.8) is 0 Å². The van der Waals surface area contributed by atoms with Gasteiger partial charge in [0.25, 0.3) is 0 Å². The molecule has 3 aromatic carbocycles. The number of carbonyl (C=O) groups is 1. The van der Waals surface area contributed by atoms with E-state index in [4.69, 9.17) is 4.98 Å². The summed E-state index contributed by atoms with van der Waals surface area (Å²) in [5, 5.41) is 2.87. The Labute approximate surface area is 174 Å². The third kappa shape index (κ3) is 4.94. The van der Waals surface area contributed by atoms with Crippen molar-refractivity contribution in [1.29, 1.82) is 0 Å². The van der Waals surface area contributed by atoms with Gasteiger partial charge < -0.3 is 5.32 Å². The lowest BCUT2D eigenvalue weighted by Gasteiger charge is -2.12. The highest BCUT2D eigenvalue weighted by Crippen LogP contribution is 2.22. The Bertz CT molecular complexity index is 1130. The van der Waals surface area contributed by atoms with Gasteiger partial charge in [0.15, 0.2) is 5.82 Å². The number of amides is 1. The second-order valence-electron chi connectivity index (χ2n) is 6.93. The van der Waals surface area contributed by atoms with E-state index in [1.54, 1.807) is 18.3 Å². The topological polar surface area (TPSA) is 54.9 Å². The molecule has 0 aliphatic carbocycles. The van der Waals surface area contributed by atoms with E-state index in [1.807, 2.05) is 60.7 Å². The summed E-state index contributed by atoms with van der Waals surface area (Å²) < 4.78 is 13.1. The van der Waals surface area contributed by atoms with Crippen molar-refractivity contribution in [2.75, 3.05) is 5.32 Å². The average Bonchev–Trinajstić information content (AvgIpc) is 2.78. The number of rotatable bonds is 6. The third-order valence-electron chi connectivity index (χ3n) is 4.66. The maximum atomic E-state index is 13.1. The summed E-state index contributed by atoms with van der Waals surface area (Å²) in [6.45, 7) is 0. The quantitative estimate of drug-likeness (QED) is 0.495. The van der Waals surface area contributed by atoms with Crippen LogP contribution >= 0.6 is 0 Å². The molecule has 4 nitrogen and oxygen atoms in total. The standard InChI is InChI=1S/C25H20FN3O/c26-21-13-11-19(12-14-21)16-24(30)29-25-22(15-18-7-3-1-4-8-18)28-23(17-27-25)20-9-5-2-6-10-20/h1-14,17H,15-16H2,(H,27,29,30).